The minimum absolute atomic E-state index is 0.576. The van der Waals surface area contributed by atoms with E-state index >= 15 is 0 Å². The highest BCUT2D eigenvalue weighted by Gasteiger charge is 2.13. The van der Waals surface area contributed by atoms with Crippen molar-refractivity contribution >= 4 is 51.4 Å². The number of nitrogens with two attached hydrogens (primary N) is 1. The average molecular weight is 355 g/mol. The molecule has 0 radical (unpaired) electrons. The fraction of sp³-hybridized carbons (Fsp3) is 0.125. The molecule has 0 aliphatic carbocycles. The van der Waals surface area contributed by atoms with Gasteiger partial charge in [0.1, 0.15) is 0 Å². The summed E-state index contributed by atoms with van der Waals surface area (Å²) in [6.07, 6.45) is 1.69. The third-order valence-corrected chi connectivity index (χ3v) is 4.39. The predicted octanol–water partition coefficient (Wildman–Crippen LogP) is 5.00. The summed E-state index contributed by atoms with van der Waals surface area (Å²) in [7, 11) is 0. The van der Waals surface area contributed by atoms with Crippen LogP contribution in [0.3, 0.4) is 0 Å². The molecule has 0 fully saturated rings. The summed E-state index contributed by atoms with van der Waals surface area (Å²) in [4.78, 5) is 3.07. The first-order valence-corrected chi connectivity index (χ1v) is 7.88. The zero-order valence-electron chi connectivity index (χ0n) is 11.6. The Morgan fingerprint density at radius 2 is 1.73 bits per heavy atom. The van der Waals surface area contributed by atoms with Gasteiger partial charge in [-0.1, -0.05) is 46.9 Å². The van der Waals surface area contributed by atoms with Gasteiger partial charge in [-0.15, -0.1) is 0 Å². The Kier molecular flexibility index (Phi) is 4.50. The largest absolute Gasteiger partial charge is 0.397 e. The molecule has 0 amide bonds. The standard InChI is InChI=1S/C16H14Cl3N3/c17-11-3-1-9(2-4-11)6-21-7-10-5-12(18)14-13(19)8-22-16(14)15(10)20/h1-5,8,21-22H,6-7,20H2. The van der Waals surface area contributed by atoms with E-state index in [1.165, 1.54) is 0 Å². The molecule has 0 spiro atoms. The molecule has 6 heteroatoms. The Morgan fingerprint density at radius 3 is 2.45 bits per heavy atom. The number of hydrogen-bond donors (Lipinski definition) is 3. The van der Waals surface area contributed by atoms with Crippen LogP contribution in [0.4, 0.5) is 5.69 Å². The molecule has 22 heavy (non-hydrogen) atoms. The number of hydrogen-bond acceptors (Lipinski definition) is 2. The molecule has 3 rings (SSSR count). The summed E-state index contributed by atoms with van der Waals surface area (Å²) in [6.45, 7) is 1.33. The van der Waals surface area contributed by atoms with Gasteiger partial charge >= 0.3 is 0 Å². The summed E-state index contributed by atoms with van der Waals surface area (Å²) in [5.41, 5.74) is 9.72. The van der Waals surface area contributed by atoms with Crippen LogP contribution in [0.1, 0.15) is 11.1 Å². The van der Waals surface area contributed by atoms with Crippen LogP contribution in [0.15, 0.2) is 36.5 Å². The van der Waals surface area contributed by atoms with E-state index in [0.29, 0.717) is 22.3 Å². The zero-order valence-corrected chi connectivity index (χ0v) is 13.9. The average Bonchev–Trinajstić information content (AvgIpc) is 2.89. The summed E-state index contributed by atoms with van der Waals surface area (Å²) < 4.78 is 0. The smallest absolute Gasteiger partial charge is 0.0721 e. The SMILES string of the molecule is Nc1c(CNCc2ccc(Cl)cc2)cc(Cl)c2c(Cl)c[nH]c12. The second-order valence-corrected chi connectivity index (χ2v) is 6.30. The Labute approximate surface area is 143 Å². The van der Waals surface area contributed by atoms with E-state index in [-0.39, 0.29) is 0 Å². The Morgan fingerprint density at radius 1 is 1.00 bits per heavy atom. The number of nitrogens with one attached hydrogen (secondary N) is 2. The molecule has 0 saturated carbocycles. The number of benzene rings is 2. The minimum atomic E-state index is 0.576. The highest BCUT2D eigenvalue weighted by atomic mass is 35.5. The second kappa shape index (κ2) is 6.39. The molecular formula is C16H14Cl3N3. The summed E-state index contributed by atoms with van der Waals surface area (Å²) in [6, 6.07) is 9.57. The van der Waals surface area contributed by atoms with Crippen LogP contribution in [0, 0.1) is 0 Å². The van der Waals surface area contributed by atoms with Crippen LogP contribution in [0.2, 0.25) is 15.1 Å². The minimum Gasteiger partial charge on any atom is -0.397 e. The highest BCUT2D eigenvalue weighted by molar-refractivity contribution is 6.42. The van der Waals surface area contributed by atoms with Gasteiger partial charge in [-0.25, -0.2) is 0 Å². The van der Waals surface area contributed by atoms with Gasteiger partial charge in [0.15, 0.2) is 0 Å². The lowest BCUT2D eigenvalue weighted by atomic mass is 10.1. The predicted molar refractivity (Wildman–Crippen MR) is 94.7 cm³/mol. The van der Waals surface area contributed by atoms with E-state index in [1.54, 1.807) is 6.20 Å². The van der Waals surface area contributed by atoms with Gasteiger partial charge in [-0.05, 0) is 29.3 Å². The van der Waals surface area contributed by atoms with Crippen LogP contribution in [0.25, 0.3) is 10.9 Å². The Bertz CT molecular complexity index is 810. The van der Waals surface area contributed by atoms with Gasteiger partial charge in [-0.2, -0.15) is 0 Å². The van der Waals surface area contributed by atoms with Crippen LogP contribution >= 0.6 is 34.8 Å². The lowest BCUT2D eigenvalue weighted by molar-refractivity contribution is 0.695. The number of rotatable bonds is 4. The van der Waals surface area contributed by atoms with Crippen LogP contribution in [-0.2, 0) is 13.1 Å². The molecule has 3 aromatic rings. The highest BCUT2D eigenvalue weighted by Crippen LogP contribution is 2.35. The van der Waals surface area contributed by atoms with Gasteiger partial charge in [0, 0.05) is 29.7 Å². The summed E-state index contributed by atoms with van der Waals surface area (Å²) in [5.74, 6) is 0. The molecule has 0 unspecified atom stereocenters. The van der Waals surface area contributed by atoms with E-state index in [1.807, 2.05) is 30.3 Å². The zero-order chi connectivity index (χ0) is 15.7. The molecule has 1 aromatic heterocycles. The molecule has 0 atom stereocenters. The molecule has 114 valence electrons. The normalized spacial score (nSPS) is 11.2. The van der Waals surface area contributed by atoms with Crippen molar-refractivity contribution in [1.29, 1.82) is 0 Å². The molecule has 1 heterocycles. The fourth-order valence-electron chi connectivity index (χ4n) is 2.40. The van der Waals surface area contributed by atoms with E-state index in [2.05, 4.69) is 10.3 Å². The van der Waals surface area contributed by atoms with Crippen molar-refractivity contribution in [2.45, 2.75) is 13.1 Å². The van der Waals surface area contributed by atoms with Crippen molar-refractivity contribution in [3.8, 4) is 0 Å². The third kappa shape index (κ3) is 3.03. The van der Waals surface area contributed by atoms with Crippen LogP contribution in [-0.4, -0.2) is 4.98 Å². The molecule has 0 aliphatic heterocycles. The van der Waals surface area contributed by atoms with Crippen molar-refractivity contribution in [3.63, 3.8) is 0 Å². The van der Waals surface area contributed by atoms with Gasteiger partial charge in [-0.3, -0.25) is 0 Å². The number of nitrogen functional groups attached to an aromatic ring is 1. The van der Waals surface area contributed by atoms with E-state index in [0.717, 1.165) is 33.6 Å². The van der Waals surface area contributed by atoms with Crippen LogP contribution in [0.5, 0.6) is 0 Å². The maximum absolute atomic E-state index is 6.29. The molecule has 4 N–H and O–H groups in total. The summed E-state index contributed by atoms with van der Waals surface area (Å²) in [5, 5.41) is 6.02. The fourth-order valence-corrected chi connectivity index (χ4v) is 3.15. The lowest BCUT2D eigenvalue weighted by Gasteiger charge is -2.10. The molecule has 0 aliphatic rings. The van der Waals surface area contributed by atoms with Crippen molar-refractivity contribution in [2.75, 3.05) is 5.73 Å². The number of aromatic nitrogens is 1. The number of halogens is 3. The summed E-state index contributed by atoms with van der Waals surface area (Å²) >= 11 is 18.3. The number of anilines is 1. The quantitative estimate of drug-likeness (QED) is 0.577. The molecule has 0 bridgehead atoms. The first kappa shape index (κ1) is 15.5. The maximum atomic E-state index is 6.29. The van der Waals surface area contributed by atoms with E-state index < -0.39 is 0 Å². The topological polar surface area (TPSA) is 53.8 Å². The van der Waals surface area contributed by atoms with Gasteiger partial charge in [0.2, 0.25) is 0 Å². The van der Waals surface area contributed by atoms with Crippen molar-refractivity contribution in [3.05, 3.63) is 62.7 Å². The third-order valence-electron chi connectivity index (χ3n) is 3.54. The van der Waals surface area contributed by atoms with E-state index in [9.17, 15) is 0 Å². The number of H-pyrrole nitrogens is 1. The Hall–Kier alpha value is -1.39. The molecule has 2 aromatic carbocycles. The number of fused-ring (bicyclic) bond motifs is 1. The molecule has 3 nitrogen and oxygen atoms in total. The van der Waals surface area contributed by atoms with Crippen molar-refractivity contribution < 1.29 is 0 Å². The molecule has 0 saturated heterocycles. The Balaban J connectivity index is 1.76. The van der Waals surface area contributed by atoms with Gasteiger partial charge in [0.05, 0.1) is 21.2 Å². The van der Waals surface area contributed by atoms with E-state index in [4.69, 9.17) is 40.5 Å². The van der Waals surface area contributed by atoms with Gasteiger partial charge in [0.25, 0.3) is 0 Å². The molecular weight excluding hydrogens is 341 g/mol. The first-order chi connectivity index (χ1) is 10.6. The lowest BCUT2D eigenvalue weighted by Crippen LogP contribution is -2.14. The van der Waals surface area contributed by atoms with Gasteiger partial charge < -0.3 is 16.0 Å². The van der Waals surface area contributed by atoms with Crippen LogP contribution < -0.4 is 11.1 Å². The monoisotopic (exact) mass is 353 g/mol. The maximum Gasteiger partial charge on any atom is 0.0721 e. The second-order valence-electron chi connectivity index (χ2n) is 5.05. The first-order valence-electron chi connectivity index (χ1n) is 6.75. The number of aromatic amines is 1. The van der Waals surface area contributed by atoms with Crippen molar-refractivity contribution in [2.24, 2.45) is 0 Å². The van der Waals surface area contributed by atoms with Crippen molar-refractivity contribution in [1.82, 2.24) is 10.3 Å².